The van der Waals surface area contributed by atoms with Crippen LogP contribution in [0.4, 0.5) is 5.13 Å². The number of fused-ring (bicyclic) bond motifs is 1. The van der Waals surface area contributed by atoms with Gasteiger partial charge in [-0.25, -0.2) is 0 Å². The Balaban J connectivity index is 1.51. The van der Waals surface area contributed by atoms with Gasteiger partial charge >= 0.3 is 0 Å². The number of anilines is 1. The van der Waals surface area contributed by atoms with Crippen LogP contribution in [0.5, 0.6) is 5.75 Å². The Kier molecular flexibility index (Phi) is 4.17. The smallest absolute Gasteiger partial charge is 0.208 e. The lowest BCUT2D eigenvalue weighted by atomic mass is 9.99. The van der Waals surface area contributed by atoms with Crippen molar-refractivity contribution in [3.8, 4) is 5.75 Å². The van der Waals surface area contributed by atoms with Gasteiger partial charge in [-0.05, 0) is 23.6 Å². The molecule has 1 aliphatic heterocycles. The first-order chi connectivity index (χ1) is 11.8. The molecule has 0 radical (unpaired) electrons. The van der Waals surface area contributed by atoms with Gasteiger partial charge in [0.05, 0.1) is 7.11 Å². The maximum absolute atomic E-state index is 5.48. The summed E-state index contributed by atoms with van der Waals surface area (Å²) in [6.45, 7) is 1.82. The summed E-state index contributed by atoms with van der Waals surface area (Å²) >= 11 is 1.69. The molecule has 1 aliphatic rings. The molecule has 0 atom stereocenters. The van der Waals surface area contributed by atoms with E-state index >= 15 is 0 Å². The Bertz CT molecular complexity index is 832. The van der Waals surface area contributed by atoms with E-state index in [0.717, 1.165) is 41.8 Å². The molecule has 2 heterocycles. The van der Waals surface area contributed by atoms with Crippen molar-refractivity contribution in [2.75, 3.05) is 18.6 Å². The zero-order valence-electron chi connectivity index (χ0n) is 13.6. The fraction of sp³-hybridized carbons (Fsp3) is 0.263. The van der Waals surface area contributed by atoms with Crippen molar-refractivity contribution in [2.45, 2.75) is 19.4 Å². The lowest BCUT2D eigenvalue weighted by Crippen LogP contribution is -2.30. The normalized spacial score (nSPS) is 13.6. The van der Waals surface area contributed by atoms with Crippen LogP contribution in [0.25, 0.3) is 0 Å². The Morgan fingerprint density at radius 2 is 1.96 bits per heavy atom. The van der Waals surface area contributed by atoms with E-state index in [4.69, 9.17) is 4.74 Å². The van der Waals surface area contributed by atoms with E-state index in [2.05, 4.69) is 51.5 Å². The first-order valence-corrected chi connectivity index (χ1v) is 8.91. The van der Waals surface area contributed by atoms with Crippen molar-refractivity contribution in [2.24, 2.45) is 0 Å². The average molecular weight is 337 g/mol. The van der Waals surface area contributed by atoms with Crippen LogP contribution in [0.2, 0.25) is 0 Å². The fourth-order valence-corrected chi connectivity index (χ4v) is 4.04. The molecule has 0 amide bonds. The molecule has 122 valence electrons. The predicted molar refractivity (Wildman–Crippen MR) is 96.9 cm³/mol. The van der Waals surface area contributed by atoms with Crippen LogP contribution in [0.3, 0.4) is 0 Å². The number of benzene rings is 2. The first kappa shape index (κ1) is 15.1. The summed E-state index contributed by atoms with van der Waals surface area (Å²) in [5.41, 5.74) is 3.92. The van der Waals surface area contributed by atoms with E-state index < -0.39 is 0 Å². The summed E-state index contributed by atoms with van der Waals surface area (Å²) in [6, 6.07) is 16.7. The molecule has 2 aromatic carbocycles. The molecular formula is C19H19N3OS. The third kappa shape index (κ3) is 2.99. The van der Waals surface area contributed by atoms with Gasteiger partial charge in [0.25, 0.3) is 0 Å². The van der Waals surface area contributed by atoms with E-state index in [9.17, 15) is 0 Å². The highest BCUT2D eigenvalue weighted by Crippen LogP contribution is 2.31. The number of rotatable bonds is 4. The standard InChI is InChI=1S/C19H19N3OS/c1-23-17-9-5-8-15-13-22(11-10-16(15)17)19-21-20-18(24-19)12-14-6-3-2-4-7-14/h2-9H,10-13H2,1H3. The van der Waals surface area contributed by atoms with Crippen LogP contribution in [0.15, 0.2) is 48.5 Å². The van der Waals surface area contributed by atoms with Gasteiger partial charge < -0.3 is 9.64 Å². The second-order valence-electron chi connectivity index (χ2n) is 5.91. The van der Waals surface area contributed by atoms with Gasteiger partial charge in [-0.15, -0.1) is 10.2 Å². The van der Waals surface area contributed by atoms with Crippen LogP contribution in [0, 0.1) is 0 Å². The molecule has 0 saturated carbocycles. The average Bonchev–Trinajstić information content (AvgIpc) is 3.10. The van der Waals surface area contributed by atoms with Crippen molar-refractivity contribution in [1.82, 2.24) is 10.2 Å². The maximum atomic E-state index is 5.48. The van der Waals surface area contributed by atoms with Gasteiger partial charge in [-0.2, -0.15) is 0 Å². The number of methoxy groups -OCH3 is 1. The largest absolute Gasteiger partial charge is 0.496 e. The number of nitrogens with zero attached hydrogens (tertiary/aromatic N) is 3. The quantitative estimate of drug-likeness (QED) is 0.727. The second-order valence-corrected chi connectivity index (χ2v) is 6.95. The molecule has 0 spiro atoms. The van der Waals surface area contributed by atoms with Gasteiger partial charge in [-0.3, -0.25) is 0 Å². The molecule has 3 aromatic rings. The van der Waals surface area contributed by atoms with Crippen LogP contribution in [-0.4, -0.2) is 23.9 Å². The Labute approximate surface area is 145 Å². The monoisotopic (exact) mass is 337 g/mol. The Morgan fingerprint density at radius 1 is 1.08 bits per heavy atom. The maximum Gasteiger partial charge on any atom is 0.208 e. The van der Waals surface area contributed by atoms with Gasteiger partial charge in [0.1, 0.15) is 10.8 Å². The number of hydrogen-bond acceptors (Lipinski definition) is 5. The van der Waals surface area contributed by atoms with Crippen LogP contribution in [0.1, 0.15) is 21.7 Å². The summed E-state index contributed by atoms with van der Waals surface area (Å²) in [6.07, 6.45) is 1.82. The lowest BCUT2D eigenvalue weighted by Gasteiger charge is -2.29. The Hall–Kier alpha value is -2.40. The molecule has 0 saturated heterocycles. The highest BCUT2D eigenvalue weighted by molar-refractivity contribution is 7.15. The molecule has 0 bridgehead atoms. The van der Waals surface area contributed by atoms with E-state index in [0.29, 0.717) is 0 Å². The van der Waals surface area contributed by atoms with Gasteiger partial charge in [-0.1, -0.05) is 53.8 Å². The van der Waals surface area contributed by atoms with E-state index in [1.165, 1.54) is 16.7 Å². The van der Waals surface area contributed by atoms with Crippen LogP contribution in [-0.2, 0) is 19.4 Å². The van der Waals surface area contributed by atoms with Crippen molar-refractivity contribution >= 4 is 16.5 Å². The van der Waals surface area contributed by atoms with Gasteiger partial charge in [0.15, 0.2) is 0 Å². The molecule has 0 unspecified atom stereocenters. The lowest BCUT2D eigenvalue weighted by molar-refractivity contribution is 0.407. The molecule has 5 heteroatoms. The molecule has 0 aliphatic carbocycles. The van der Waals surface area contributed by atoms with Crippen molar-refractivity contribution < 1.29 is 4.74 Å². The topological polar surface area (TPSA) is 38.2 Å². The van der Waals surface area contributed by atoms with Gasteiger partial charge in [0.2, 0.25) is 5.13 Å². The Morgan fingerprint density at radius 3 is 2.79 bits per heavy atom. The summed E-state index contributed by atoms with van der Waals surface area (Å²) in [5, 5.41) is 10.9. The third-order valence-electron chi connectivity index (χ3n) is 4.37. The minimum absolute atomic E-state index is 0.844. The zero-order valence-corrected chi connectivity index (χ0v) is 14.4. The highest BCUT2D eigenvalue weighted by atomic mass is 32.1. The predicted octanol–water partition coefficient (Wildman–Crippen LogP) is 3.70. The molecule has 24 heavy (non-hydrogen) atoms. The highest BCUT2D eigenvalue weighted by Gasteiger charge is 2.21. The number of aromatic nitrogens is 2. The molecule has 0 N–H and O–H groups in total. The van der Waals surface area contributed by atoms with Crippen molar-refractivity contribution in [3.63, 3.8) is 0 Å². The SMILES string of the molecule is COc1cccc2c1CCN(c1nnc(Cc3ccccc3)s1)C2. The summed E-state index contributed by atoms with van der Waals surface area (Å²) in [5.74, 6) is 0.995. The summed E-state index contributed by atoms with van der Waals surface area (Å²) < 4.78 is 5.48. The number of hydrogen-bond donors (Lipinski definition) is 0. The van der Waals surface area contributed by atoms with E-state index in [-0.39, 0.29) is 0 Å². The summed E-state index contributed by atoms with van der Waals surface area (Å²) in [7, 11) is 1.74. The number of ether oxygens (including phenoxy) is 1. The molecule has 0 fully saturated rings. The van der Waals surface area contributed by atoms with E-state index in [1.54, 1.807) is 18.4 Å². The molecule has 4 nitrogen and oxygen atoms in total. The van der Waals surface area contributed by atoms with E-state index in [1.807, 2.05) is 12.1 Å². The molecular weight excluding hydrogens is 318 g/mol. The van der Waals surface area contributed by atoms with Crippen molar-refractivity contribution in [1.29, 1.82) is 0 Å². The molecule has 1 aromatic heterocycles. The zero-order chi connectivity index (χ0) is 16.4. The van der Waals surface area contributed by atoms with Crippen LogP contribution < -0.4 is 9.64 Å². The molecule has 4 rings (SSSR count). The van der Waals surface area contributed by atoms with Crippen LogP contribution >= 0.6 is 11.3 Å². The minimum Gasteiger partial charge on any atom is -0.496 e. The van der Waals surface area contributed by atoms with Crippen molar-refractivity contribution in [3.05, 3.63) is 70.2 Å². The summed E-state index contributed by atoms with van der Waals surface area (Å²) in [4.78, 5) is 2.31. The minimum atomic E-state index is 0.844. The third-order valence-corrected chi connectivity index (χ3v) is 5.35. The van der Waals surface area contributed by atoms with Gasteiger partial charge in [0, 0.05) is 25.1 Å². The second kappa shape index (κ2) is 6.61. The fourth-order valence-electron chi connectivity index (χ4n) is 3.14. The first-order valence-electron chi connectivity index (χ1n) is 8.09.